The second kappa shape index (κ2) is 17.6. The molecule has 2 N–H and O–H groups in total. The Morgan fingerprint density at radius 1 is 0.897 bits per heavy atom. The maximum Gasteiger partial charge on any atom is 0.397 e. The predicted octanol–water partition coefficient (Wildman–Crippen LogP) is 8.10. The third-order valence-electron chi connectivity index (χ3n) is 6.47. The van der Waals surface area contributed by atoms with Gasteiger partial charge in [0.15, 0.2) is 0 Å². The maximum atomic E-state index is 10.2. The van der Waals surface area contributed by atoms with E-state index in [4.69, 9.17) is 9.54 Å². The largest absolute Gasteiger partial charge is 0.397 e. The molecule has 0 radical (unpaired) electrons. The lowest BCUT2D eigenvalue weighted by Gasteiger charge is -2.12. The molecule has 1 aromatic carbocycles. The van der Waals surface area contributed by atoms with Crippen molar-refractivity contribution in [1.82, 2.24) is 4.98 Å². The molecule has 1 aliphatic carbocycles. The van der Waals surface area contributed by atoms with Crippen molar-refractivity contribution in [1.29, 1.82) is 0 Å². The number of hydrogen-bond donors (Lipinski definition) is 2. The van der Waals surface area contributed by atoms with Gasteiger partial charge in [0, 0.05) is 18.8 Å². The Bertz CT molecular complexity index is 1290. The molecule has 0 saturated carbocycles. The lowest BCUT2D eigenvalue weighted by atomic mass is 10.1. The van der Waals surface area contributed by atoms with Gasteiger partial charge in [0.25, 0.3) is 0 Å². The van der Waals surface area contributed by atoms with Crippen LogP contribution in [0.5, 0.6) is 0 Å². The Kier molecular flexibility index (Phi) is 14.9. The summed E-state index contributed by atoms with van der Waals surface area (Å²) in [5.74, 6) is 0. The van der Waals surface area contributed by atoms with Crippen molar-refractivity contribution in [3.63, 3.8) is 0 Å². The molecule has 0 amide bonds. The number of fused-ring (bicyclic) bond motifs is 2. The third kappa shape index (κ3) is 12.3. The minimum Gasteiger partial charge on any atom is -0.385 e. The van der Waals surface area contributed by atoms with Crippen LogP contribution in [0.1, 0.15) is 96.1 Å². The number of aromatic nitrogens is 1. The van der Waals surface area contributed by atoms with Crippen LogP contribution in [0.2, 0.25) is 0 Å². The van der Waals surface area contributed by atoms with E-state index in [-0.39, 0.29) is 6.61 Å². The molecule has 0 spiro atoms. The summed E-state index contributed by atoms with van der Waals surface area (Å²) in [4.78, 5) is 10.6. The van der Waals surface area contributed by atoms with Gasteiger partial charge in [-0.2, -0.15) is 8.42 Å². The van der Waals surface area contributed by atoms with Gasteiger partial charge in [-0.05, 0) is 69.5 Å². The summed E-state index contributed by atoms with van der Waals surface area (Å²) in [7, 11) is -4.23. The minimum atomic E-state index is -4.23. The van der Waals surface area contributed by atoms with Crippen molar-refractivity contribution >= 4 is 37.6 Å². The van der Waals surface area contributed by atoms with E-state index in [0.717, 1.165) is 42.5 Å². The molecule has 0 unspecified atom stereocenters. The van der Waals surface area contributed by atoms with E-state index in [0.29, 0.717) is 6.42 Å². The van der Waals surface area contributed by atoms with Crippen molar-refractivity contribution in [2.24, 2.45) is 4.99 Å². The molecule has 1 aromatic rings. The predicted molar refractivity (Wildman–Crippen MR) is 165 cm³/mol. The molecule has 0 aromatic heterocycles. The molecule has 3 rings (SSSR count). The van der Waals surface area contributed by atoms with Crippen LogP contribution in [-0.2, 0) is 14.6 Å². The van der Waals surface area contributed by atoms with E-state index in [1.165, 1.54) is 71.3 Å². The monoisotopic (exact) mass is 577 g/mol. The highest BCUT2D eigenvalue weighted by atomic mass is 32.3. The standard InChI is InChI=1S/C18H21N3S.C12H26O4S/c1-5-19-13-9-17-15(7-11(13)3)21-16-8-12(4)14(20-6-2)10-18(16)22-17;1-2-3-4-5-6-7-8-9-10-11-12-16-17(13,14)15/h7-10,19H,5-6H2,1-4H3;2-12H2,1H3,(H,13,14,15). The number of hydrogen-bond acceptors (Lipinski definition) is 7. The number of nitrogens with one attached hydrogen (secondary N) is 1. The zero-order valence-corrected chi connectivity index (χ0v) is 26.0. The molecule has 1 aliphatic heterocycles. The molecule has 0 atom stereocenters. The van der Waals surface area contributed by atoms with Gasteiger partial charge in [-0.25, -0.2) is 9.17 Å². The maximum absolute atomic E-state index is 10.2. The minimum absolute atomic E-state index is 0.0926. The van der Waals surface area contributed by atoms with Crippen molar-refractivity contribution < 1.29 is 17.2 Å². The van der Waals surface area contributed by atoms with Crippen molar-refractivity contribution in [3.8, 4) is 10.6 Å². The summed E-state index contributed by atoms with van der Waals surface area (Å²) in [6.45, 7) is 12.5. The van der Waals surface area contributed by atoms with Gasteiger partial charge in [0.2, 0.25) is 0 Å². The van der Waals surface area contributed by atoms with E-state index in [1.54, 1.807) is 11.3 Å². The number of rotatable bonds is 15. The highest BCUT2D eigenvalue weighted by molar-refractivity contribution is 7.80. The number of aryl methyl sites for hydroxylation is 2. The van der Waals surface area contributed by atoms with E-state index in [9.17, 15) is 8.42 Å². The summed E-state index contributed by atoms with van der Waals surface area (Å²) in [6.07, 6.45) is 11.9. The van der Waals surface area contributed by atoms with Gasteiger partial charge in [0.1, 0.15) is 0 Å². The molecule has 0 saturated heterocycles. The zero-order chi connectivity index (χ0) is 28.7. The van der Waals surface area contributed by atoms with Crippen LogP contribution in [-0.4, -0.2) is 37.7 Å². The summed E-state index contributed by atoms with van der Waals surface area (Å²) in [5, 5.41) is 4.49. The van der Waals surface area contributed by atoms with Gasteiger partial charge in [-0.3, -0.25) is 9.55 Å². The Morgan fingerprint density at radius 3 is 2.13 bits per heavy atom. The fraction of sp³-hybridized carbons (Fsp3) is 0.600. The smallest absolute Gasteiger partial charge is 0.385 e. The molecule has 218 valence electrons. The van der Waals surface area contributed by atoms with Gasteiger partial charge in [-0.15, -0.1) is 11.3 Å². The molecule has 0 fully saturated rings. The SMILES string of the molecule is CCCCCCCCCCCCOS(=O)(=O)O.CCN=c1cc2sc3cc(NCC)c(C)cc3nc-2cc1C. The van der Waals surface area contributed by atoms with Crippen LogP contribution in [0.3, 0.4) is 0 Å². The summed E-state index contributed by atoms with van der Waals surface area (Å²) < 4.78 is 34.2. The van der Waals surface area contributed by atoms with Crippen LogP contribution in [0, 0.1) is 13.8 Å². The Hall–Kier alpha value is -2.07. The first kappa shape index (κ1) is 33.1. The Balaban J connectivity index is 0.000000285. The molecule has 2 aliphatic rings. The fourth-order valence-corrected chi connectivity index (χ4v) is 5.73. The molecule has 0 bridgehead atoms. The number of benzene rings is 2. The van der Waals surface area contributed by atoms with Crippen LogP contribution in [0.15, 0.2) is 29.3 Å². The normalized spacial score (nSPS) is 12.1. The Labute approximate surface area is 239 Å². The van der Waals surface area contributed by atoms with E-state index in [1.807, 2.05) is 0 Å². The van der Waals surface area contributed by atoms with Crippen molar-refractivity contribution in [2.45, 2.75) is 98.8 Å². The van der Waals surface area contributed by atoms with E-state index in [2.05, 4.69) is 73.4 Å². The topological polar surface area (TPSA) is 101 Å². The second-order valence-electron chi connectivity index (χ2n) is 9.89. The van der Waals surface area contributed by atoms with Crippen molar-refractivity contribution in [2.75, 3.05) is 25.0 Å². The fourth-order valence-electron chi connectivity index (χ4n) is 4.40. The van der Waals surface area contributed by atoms with E-state index >= 15 is 0 Å². The van der Waals surface area contributed by atoms with Crippen LogP contribution < -0.4 is 10.7 Å². The van der Waals surface area contributed by atoms with E-state index < -0.39 is 10.4 Å². The second-order valence-corrected chi connectivity index (χ2v) is 12.1. The summed E-state index contributed by atoms with van der Waals surface area (Å²) in [6, 6.07) is 8.69. The average Bonchev–Trinajstić information content (AvgIpc) is 2.87. The molecule has 7 nitrogen and oxygen atoms in total. The molecule has 1 heterocycles. The highest BCUT2D eigenvalue weighted by Gasteiger charge is 2.10. The van der Waals surface area contributed by atoms with Crippen LogP contribution >= 0.6 is 11.3 Å². The molecule has 39 heavy (non-hydrogen) atoms. The number of anilines is 1. The zero-order valence-electron chi connectivity index (χ0n) is 24.4. The van der Waals surface area contributed by atoms with Gasteiger partial charge in [-0.1, -0.05) is 64.7 Å². The Morgan fingerprint density at radius 2 is 1.54 bits per heavy atom. The molecule has 9 heteroatoms. The highest BCUT2D eigenvalue weighted by Crippen LogP contribution is 2.33. The first-order valence-electron chi connectivity index (χ1n) is 14.4. The number of nitrogens with zero attached hydrogens (tertiary/aromatic N) is 2. The summed E-state index contributed by atoms with van der Waals surface area (Å²) >= 11 is 1.79. The van der Waals surface area contributed by atoms with Gasteiger partial charge < -0.3 is 5.32 Å². The number of unbranched alkanes of at least 4 members (excludes halogenated alkanes) is 9. The lowest BCUT2D eigenvalue weighted by molar-refractivity contribution is 0.261. The summed E-state index contributed by atoms with van der Waals surface area (Å²) in [5.41, 5.74) is 5.74. The van der Waals surface area contributed by atoms with Crippen molar-refractivity contribution in [3.05, 3.63) is 40.7 Å². The van der Waals surface area contributed by atoms with Crippen LogP contribution in [0.25, 0.3) is 20.8 Å². The molecular formula is C30H47N3O4S2. The van der Waals surface area contributed by atoms with Crippen LogP contribution in [0.4, 0.5) is 5.69 Å². The first-order chi connectivity index (χ1) is 18.7. The quantitative estimate of drug-likeness (QED) is 0.108. The third-order valence-corrected chi connectivity index (χ3v) is 8.03. The first-order valence-corrected chi connectivity index (χ1v) is 16.6. The lowest BCUT2D eigenvalue weighted by Crippen LogP contribution is -2.08. The van der Waals surface area contributed by atoms with Gasteiger partial charge in [0.05, 0.1) is 32.8 Å². The average molecular weight is 578 g/mol. The van der Waals surface area contributed by atoms with Gasteiger partial charge >= 0.3 is 10.4 Å². The molecular weight excluding hydrogens is 530 g/mol.